The Kier molecular flexibility index (Phi) is 7.55. The van der Waals surface area contributed by atoms with Gasteiger partial charge < -0.3 is 14.7 Å². The molecule has 2 aromatic carbocycles. The second-order valence-electron chi connectivity index (χ2n) is 9.02. The van der Waals surface area contributed by atoms with E-state index < -0.39 is 11.0 Å². The first-order valence-corrected chi connectivity index (χ1v) is 11.2. The van der Waals surface area contributed by atoms with Gasteiger partial charge in [-0.3, -0.25) is 9.59 Å². The number of hydrogen-bond acceptors (Lipinski definition) is 4. The van der Waals surface area contributed by atoms with E-state index in [0.717, 1.165) is 5.56 Å². The lowest BCUT2D eigenvalue weighted by Crippen LogP contribution is -2.51. The smallest absolute Gasteiger partial charge is 0.314 e. The van der Waals surface area contributed by atoms with Crippen LogP contribution in [0.1, 0.15) is 55.1 Å². The first kappa shape index (κ1) is 24.5. The lowest BCUT2D eigenvalue weighted by molar-refractivity contribution is -0.158. The van der Waals surface area contributed by atoms with Gasteiger partial charge >= 0.3 is 5.97 Å². The van der Waals surface area contributed by atoms with E-state index in [4.69, 9.17) is 4.74 Å². The van der Waals surface area contributed by atoms with E-state index in [9.17, 15) is 19.1 Å². The van der Waals surface area contributed by atoms with Gasteiger partial charge in [-0.2, -0.15) is 0 Å². The average molecular weight is 452 g/mol. The lowest BCUT2D eigenvalue weighted by atomic mass is 9.75. The maximum atomic E-state index is 13.4. The minimum Gasteiger partial charge on any atom is -0.466 e. The normalized spacial score (nSPS) is 18.3. The number of amides is 1. The number of rotatable bonds is 5. The van der Waals surface area contributed by atoms with Crippen LogP contribution >= 0.6 is 0 Å². The van der Waals surface area contributed by atoms with Crippen molar-refractivity contribution in [2.45, 2.75) is 45.6 Å². The van der Waals surface area contributed by atoms with Crippen molar-refractivity contribution in [3.63, 3.8) is 0 Å². The van der Waals surface area contributed by atoms with Gasteiger partial charge in [0.2, 0.25) is 0 Å². The molecule has 0 radical (unpaired) electrons. The molecule has 1 amide bonds. The van der Waals surface area contributed by atoms with Gasteiger partial charge in [0.25, 0.3) is 5.91 Å². The number of ether oxygens (including phenoxy) is 1. The molecule has 1 saturated heterocycles. The molecule has 3 rings (SSSR count). The van der Waals surface area contributed by atoms with E-state index in [1.165, 1.54) is 12.1 Å². The molecular formula is C27H30FNO4. The van der Waals surface area contributed by atoms with E-state index in [1.807, 2.05) is 0 Å². The molecule has 0 aliphatic carbocycles. The fourth-order valence-electron chi connectivity index (χ4n) is 4.10. The third-order valence-electron chi connectivity index (χ3n) is 5.65. The van der Waals surface area contributed by atoms with Gasteiger partial charge in [0.1, 0.15) is 11.4 Å². The van der Waals surface area contributed by atoms with Crippen LogP contribution in [0.15, 0.2) is 48.5 Å². The number of halogens is 1. The predicted octanol–water partition coefficient (Wildman–Crippen LogP) is 3.98. The predicted molar refractivity (Wildman–Crippen MR) is 124 cm³/mol. The first-order chi connectivity index (χ1) is 15.6. The van der Waals surface area contributed by atoms with E-state index in [-0.39, 0.29) is 30.8 Å². The Morgan fingerprint density at radius 2 is 1.94 bits per heavy atom. The lowest BCUT2D eigenvalue weighted by Gasteiger charge is -2.41. The molecule has 0 saturated carbocycles. The van der Waals surface area contributed by atoms with Crippen LogP contribution in [0.4, 0.5) is 4.39 Å². The number of nitrogens with zero attached hydrogens (tertiary/aromatic N) is 1. The minimum absolute atomic E-state index is 0.186. The van der Waals surface area contributed by atoms with Crippen LogP contribution in [-0.2, 0) is 16.0 Å². The Labute approximate surface area is 194 Å². The van der Waals surface area contributed by atoms with Gasteiger partial charge in [0.15, 0.2) is 0 Å². The molecule has 1 atom stereocenters. The maximum Gasteiger partial charge on any atom is 0.314 e. The molecule has 33 heavy (non-hydrogen) atoms. The van der Waals surface area contributed by atoms with Crippen molar-refractivity contribution in [1.82, 2.24) is 4.90 Å². The van der Waals surface area contributed by atoms with Crippen LogP contribution in [0, 0.1) is 23.1 Å². The van der Waals surface area contributed by atoms with Gasteiger partial charge in [-0.05, 0) is 75.9 Å². The van der Waals surface area contributed by atoms with Crippen molar-refractivity contribution in [2.75, 3.05) is 19.7 Å². The Bertz CT molecular complexity index is 1060. The Balaban J connectivity index is 1.86. The molecule has 0 spiro atoms. The third kappa shape index (κ3) is 6.43. The Hall–Kier alpha value is -3.17. The highest BCUT2D eigenvalue weighted by Crippen LogP contribution is 2.36. The van der Waals surface area contributed by atoms with Crippen LogP contribution in [0.25, 0.3) is 0 Å². The highest BCUT2D eigenvalue weighted by atomic mass is 19.1. The van der Waals surface area contributed by atoms with Gasteiger partial charge in [-0.25, -0.2) is 4.39 Å². The van der Waals surface area contributed by atoms with Crippen molar-refractivity contribution >= 4 is 11.9 Å². The van der Waals surface area contributed by atoms with Crippen molar-refractivity contribution in [3.8, 4) is 11.8 Å². The standard InChI is InChI=1S/C27H30FNO4/c1-4-33-25(31)27(18-21-9-11-23(28)12-10-21)14-6-16-29(19-27)24(30)22-8-5-7-20(17-22)13-15-26(2,3)32/h5,7-12,17,32H,4,6,14,16,18-19H2,1-3H3/t27-/m0/s1. The fraction of sp³-hybridized carbons (Fsp3) is 0.407. The molecule has 5 nitrogen and oxygen atoms in total. The summed E-state index contributed by atoms with van der Waals surface area (Å²) in [6.07, 6.45) is 1.61. The number of piperidine rings is 1. The number of aliphatic hydroxyl groups is 1. The molecule has 1 aliphatic rings. The monoisotopic (exact) mass is 451 g/mol. The molecule has 2 aromatic rings. The zero-order valence-corrected chi connectivity index (χ0v) is 19.4. The van der Waals surface area contributed by atoms with E-state index in [1.54, 1.807) is 62.1 Å². The summed E-state index contributed by atoms with van der Waals surface area (Å²) in [5, 5.41) is 9.84. The highest BCUT2D eigenvalue weighted by molar-refractivity contribution is 5.95. The number of esters is 1. The molecule has 0 unspecified atom stereocenters. The molecule has 6 heteroatoms. The second-order valence-corrected chi connectivity index (χ2v) is 9.02. The molecule has 1 aliphatic heterocycles. The zero-order valence-electron chi connectivity index (χ0n) is 19.4. The summed E-state index contributed by atoms with van der Waals surface area (Å²) in [7, 11) is 0. The summed E-state index contributed by atoms with van der Waals surface area (Å²) in [5.41, 5.74) is -0.100. The summed E-state index contributed by atoms with van der Waals surface area (Å²) >= 11 is 0. The fourth-order valence-corrected chi connectivity index (χ4v) is 4.10. The second kappa shape index (κ2) is 10.2. The molecule has 1 heterocycles. The third-order valence-corrected chi connectivity index (χ3v) is 5.65. The number of hydrogen-bond donors (Lipinski definition) is 1. The average Bonchev–Trinajstić information content (AvgIpc) is 2.79. The number of benzene rings is 2. The van der Waals surface area contributed by atoms with Crippen molar-refractivity contribution < 1.29 is 23.8 Å². The number of carbonyl (C=O) groups excluding carboxylic acids is 2. The summed E-state index contributed by atoms with van der Waals surface area (Å²) < 4.78 is 18.8. The van der Waals surface area contributed by atoms with Crippen molar-refractivity contribution in [2.24, 2.45) is 5.41 Å². The van der Waals surface area contributed by atoms with E-state index in [2.05, 4.69) is 11.8 Å². The molecule has 0 bridgehead atoms. The van der Waals surface area contributed by atoms with Gasteiger partial charge in [-0.15, -0.1) is 0 Å². The first-order valence-electron chi connectivity index (χ1n) is 11.2. The quantitative estimate of drug-likeness (QED) is 0.552. The van der Waals surface area contributed by atoms with E-state index >= 15 is 0 Å². The SMILES string of the molecule is CCOC(=O)[C@]1(Cc2ccc(F)cc2)CCCN(C(=O)c2cccc(C#CC(C)(C)O)c2)C1. The van der Waals surface area contributed by atoms with Gasteiger partial charge in [-0.1, -0.05) is 30.0 Å². The highest BCUT2D eigenvalue weighted by Gasteiger charge is 2.45. The molecule has 1 N–H and O–H groups in total. The molecular weight excluding hydrogens is 421 g/mol. The summed E-state index contributed by atoms with van der Waals surface area (Å²) in [5.74, 6) is 4.79. The summed E-state index contributed by atoms with van der Waals surface area (Å²) in [4.78, 5) is 28.1. The summed E-state index contributed by atoms with van der Waals surface area (Å²) in [6.45, 7) is 5.96. The number of carbonyl (C=O) groups is 2. The zero-order chi connectivity index (χ0) is 24.1. The van der Waals surface area contributed by atoms with Crippen LogP contribution in [0.2, 0.25) is 0 Å². The van der Waals surface area contributed by atoms with Crippen molar-refractivity contribution in [3.05, 3.63) is 71.0 Å². The number of likely N-dealkylation sites (tertiary alicyclic amines) is 1. The molecule has 0 aromatic heterocycles. The van der Waals surface area contributed by atoms with E-state index in [0.29, 0.717) is 36.9 Å². The maximum absolute atomic E-state index is 13.4. The summed E-state index contributed by atoms with van der Waals surface area (Å²) in [6, 6.07) is 13.0. The van der Waals surface area contributed by atoms with Crippen LogP contribution in [0.3, 0.4) is 0 Å². The Morgan fingerprint density at radius 3 is 2.61 bits per heavy atom. The topological polar surface area (TPSA) is 66.8 Å². The molecule has 174 valence electrons. The van der Waals surface area contributed by atoms with Gasteiger partial charge in [0, 0.05) is 24.2 Å². The molecule has 1 fully saturated rings. The van der Waals surface area contributed by atoms with Crippen molar-refractivity contribution in [1.29, 1.82) is 0 Å². The van der Waals surface area contributed by atoms with Crippen LogP contribution in [0.5, 0.6) is 0 Å². The largest absolute Gasteiger partial charge is 0.466 e. The minimum atomic E-state index is -1.13. The van der Waals surface area contributed by atoms with Gasteiger partial charge in [0.05, 0.1) is 12.0 Å². The Morgan fingerprint density at radius 1 is 1.21 bits per heavy atom. The van der Waals surface area contributed by atoms with Crippen LogP contribution < -0.4 is 0 Å². The van der Waals surface area contributed by atoms with Crippen LogP contribution in [-0.4, -0.2) is 47.2 Å².